The third kappa shape index (κ3) is 39.0. The average molecular weight is 817 g/mol. The van der Waals surface area contributed by atoms with Crippen LogP contribution in [0.1, 0.15) is 277 Å². The third-order valence-corrected chi connectivity index (χ3v) is 13.0. The Morgan fingerprint density at radius 2 is 0.525 bits per heavy atom. The molecule has 0 bridgehead atoms. The Morgan fingerprint density at radius 1 is 0.288 bits per heavy atom. The summed E-state index contributed by atoms with van der Waals surface area (Å²) >= 11 is 0. The van der Waals surface area contributed by atoms with Gasteiger partial charge in [0.15, 0.2) is 0 Å². The molecule has 59 heavy (non-hydrogen) atoms. The summed E-state index contributed by atoms with van der Waals surface area (Å²) in [6.45, 7) is 12.1. The van der Waals surface area contributed by atoms with Crippen LogP contribution in [-0.2, 0) is 6.54 Å². The van der Waals surface area contributed by atoms with Crippen molar-refractivity contribution in [1.29, 1.82) is 0 Å². The van der Waals surface area contributed by atoms with E-state index in [0.717, 1.165) is 0 Å². The van der Waals surface area contributed by atoms with Gasteiger partial charge in [0.1, 0.15) is 6.54 Å². The lowest BCUT2D eigenvalue weighted by atomic mass is 10.1. The zero-order valence-corrected chi connectivity index (χ0v) is 40.7. The average Bonchev–Trinajstić information content (AvgIpc) is 3.25. The van der Waals surface area contributed by atoms with Crippen LogP contribution >= 0.6 is 0 Å². The molecule has 0 unspecified atom stereocenters. The predicted octanol–water partition coefficient (Wildman–Crippen LogP) is 19.9. The maximum absolute atomic E-state index is 2.53. The first-order chi connectivity index (χ1) is 29.3. The summed E-state index contributed by atoms with van der Waals surface area (Å²) in [5, 5.41) is 0. The van der Waals surface area contributed by atoms with Crippen LogP contribution in [0.4, 0.5) is 0 Å². The number of quaternary nitrogens is 1. The van der Waals surface area contributed by atoms with Crippen LogP contribution in [0, 0.1) is 0 Å². The van der Waals surface area contributed by atoms with Crippen molar-refractivity contribution in [2.24, 2.45) is 0 Å². The molecule has 0 aliphatic carbocycles. The number of rotatable bonds is 47. The minimum Gasteiger partial charge on any atom is -0.320 e. The fourth-order valence-electron chi connectivity index (χ4n) is 9.13. The first-order valence-electron chi connectivity index (χ1n) is 27.1. The van der Waals surface area contributed by atoms with Crippen LogP contribution in [0.2, 0.25) is 0 Å². The molecule has 0 N–H and O–H groups in total. The van der Waals surface area contributed by atoms with Crippen LogP contribution in [-0.4, -0.2) is 24.1 Å². The summed E-state index contributed by atoms with van der Waals surface area (Å²) < 4.78 is 1.26. The van der Waals surface area contributed by atoms with Crippen LogP contribution in [0.5, 0.6) is 0 Å². The van der Waals surface area contributed by atoms with Crippen molar-refractivity contribution in [3.05, 3.63) is 72.4 Å². The second kappa shape index (κ2) is 45.9. The molecule has 0 aliphatic rings. The number of nitrogens with zero attached hydrogens (tertiary/aromatic N) is 1. The van der Waals surface area contributed by atoms with Gasteiger partial charge in [0.2, 0.25) is 0 Å². The van der Waals surface area contributed by atoms with E-state index in [1.807, 2.05) is 0 Å². The minimum atomic E-state index is 1.19. The highest BCUT2D eigenvalue weighted by atomic mass is 15.3. The smallest absolute Gasteiger partial charge is 0.104 e. The van der Waals surface area contributed by atoms with Gasteiger partial charge in [-0.1, -0.05) is 261 Å². The normalized spacial score (nSPS) is 12.3. The molecule has 0 spiro atoms. The molecule has 1 rings (SSSR count). The number of allylic oxidation sites excluding steroid dienone is 6. The molecule has 0 amide bonds. The van der Waals surface area contributed by atoms with E-state index in [1.165, 1.54) is 287 Å². The number of benzene rings is 1. The Balaban J connectivity index is 2.57. The molecule has 1 aromatic carbocycles. The van der Waals surface area contributed by atoms with Crippen molar-refractivity contribution >= 4 is 0 Å². The Labute approximate surface area is 372 Å². The summed E-state index contributed by atoms with van der Waals surface area (Å²) in [6, 6.07) is 11.5. The first-order valence-corrected chi connectivity index (χ1v) is 27.1. The van der Waals surface area contributed by atoms with Gasteiger partial charge in [0, 0.05) is 24.8 Å². The second-order valence-electron chi connectivity index (χ2n) is 18.9. The summed E-state index contributed by atoms with van der Waals surface area (Å²) in [4.78, 5) is 0. The van der Waals surface area contributed by atoms with Crippen LogP contribution in [0.3, 0.4) is 0 Å². The molecule has 1 nitrogen and oxygen atoms in total. The van der Waals surface area contributed by atoms with E-state index in [4.69, 9.17) is 0 Å². The highest BCUT2D eigenvalue weighted by Gasteiger charge is 2.26. The summed E-state index contributed by atoms with van der Waals surface area (Å²) in [5.74, 6) is 0. The highest BCUT2D eigenvalue weighted by Crippen LogP contribution is 2.22. The maximum Gasteiger partial charge on any atom is 0.104 e. The van der Waals surface area contributed by atoms with Gasteiger partial charge < -0.3 is 4.48 Å². The first kappa shape index (κ1) is 55.4. The molecule has 342 valence electrons. The van der Waals surface area contributed by atoms with E-state index in [-0.39, 0.29) is 0 Å². The maximum atomic E-state index is 2.53. The monoisotopic (exact) mass is 817 g/mol. The van der Waals surface area contributed by atoms with Gasteiger partial charge in [-0.25, -0.2) is 0 Å². The lowest BCUT2D eigenvalue weighted by Crippen LogP contribution is -2.49. The van der Waals surface area contributed by atoms with Crippen LogP contribution in [0.15, 0.2) is 66.8 Å². The van der Waals surface area contributed by atoms with E-state index < -0.39 is 0 Å². The standard InChI is InChI=1S/C58H106N/c1-4-7-10-13-16-19-22-25-28-31-34-37-40-43-49-54-59(57-58-52-47-46-48-53-58,55-50-44-41-38-35-32-29-26-23-20-17-14-11-8-5-2)56-51-45-42-39-36-33-30-27-24-21-18-15-12-9-6-3/h37-42,46-48,52-53H,4-36,43-45,49-51,54-57H2,1-3H3/q+1/b40-37+,41-38+,42-39+. The molecule has 0 saturated carbocycles. The zero-order chi connectivity index (χ0) is 42.3. The number of hydrogen-bond acceptors (Lipinski definition) is 0. The molecule has 1 heteroatoms. The van der Waals surface area contributed by atoms with Gasteiger partial charge >= 0.3 is 0 Å². The SMILES string of the molecule is CCCCCCCCCCCC/C=C/CCC[N+](CCC/C=C/CCCCCCCCCCCC)(CCC/C=C/CCCCCCCCCCCC)Cc1ccccc1. The summed E-state index contributed by atoms with van der Waals surface area (Å²) in [5.41, 5.74) is 1.53. The van der Waals surface area contributed by atoms with E-state index in [0.29, 0.717) is 0 Å². The Hall–Kier alpha value is -1.60. The molecule has 0 aliphatic heterocycles. The molecule has 0 heterocycles. The number of hydrogen-bond donors (Lipinski definition) is 0. The van der Waals surface area contributed by atoms with E-state index >= 15 is 0 Å². The van der Waals surface area contributed by atoms with E-state index in [9.17, 15) is 0 Å². The largest absolute Gasteiger partial charge is 0.320 e. The number of unbranched alkanes of at least 4 members (excludes halogenated alkanes) is 33. The van der Waals surface area contributed by atoms with Crippen molar-refractivity contribution in [1.82, 2.24) is 0 Å². The molecule has 0 atom stereocenters. The second-order valence-corrected chi connectivity index (χ2v) is 18.9. The molecular formula is C58H106N+. The Kier molecular flexibility index (Phi) is 43.1. The zero-order valence-electron chi connectivity index (χ0n) is 40.7. The Bertz CT molecular complexity index is 921. The van der Waals surface area contributed by atoms with Gasteiger partial charge in [-0.05, 0) is 57.8 Å². The highest BCUT2D eigenvalue weighted by molar-refractivity contribution is 5.13. The third-order valence-electron chi connectivity index (χ3n) is 13.0. The van der Waals surface area contributed by atoms with Gasteiger partial charge in [-0.2, -0.15) is 0 Å². The Morgan fingerprint density at radius 3 is 0.797 bits per heavy atom. The van der Waals surface area contributed by atoms with E-state index in [2.05, 4.69) is 87.6 Å². The molecule has 0 radical (unpaired) electrons. The van der Waals surface area contributed by atoms with Crippen molar-refractivity contribution in [3.63, 3.8) is 0 Å². The quantitative estimate of drug-likeness (QED) is 0.0349. The molecule has 0 aromatic heterocycles. The fourth-order valence-corrected chi connectivity index (χ4v) is 9.13. The summed E-state index contributed by atoms with van der Waals surface area (Å²) in [7, 11) is 0. The van der Waals surface area contributed by atoms with Crippen LogP contribution in [0.25, 0.3) is 0 Å². The minimum absolute atomic E-state index is 1.19. The lowest BCUT2D eigenvalue weighted by Gasteiger charge is -2.39. The van der Waals surface area contributed by atoms with E-state index in [1.54, 1.807) is 0 Å². The summed E-state index contributed by atoms with van der Waals surface area (Å²) in [6.07, 6.45) is 69.4. The molecular weight excluding hydrogens is 711 g/mol. The van der Waals surface area contributed by atoms with Crippen molar-refractivity contribution in [2.75, 3.05) is 19.6 Å². The fraction of sp³-hybridized carbons (Fsp3) is 0.793. The molecule has 0 saturated heterocycles. The topological polar surface area (TPSA) is 0 Å². The van der Waals surface area contributed by atoms with Crippen molar-refractivity contribution in [3.8, 4) is 0 Å². The molecule has 1 aromatic rings. The van der Waals surface area contributed by atoms with Gasteiger partial charge in [0.05, 0.1) is 19.6 Å². The van der Waals surface area contributed by atoms with Gasteiger partial charge in [-0.3, -0.25) is 0 Å². The molecule has 0 fully saturated rings. The van der Waals surface area contributed by atoms with Crippen molar-refractivity contribution in [2.45, 2.75) is 278 Å². The van der Waals surface area contributed by atoms with Gasteiger partial charge in [0.25, 0.3) is 0 Å². The predicted molar refractivity (Wildman–Crippen MR) is 270 cm³/mol. The van der Waals surface area contributed by atoms with Crippen LogP contribution < -0.4 is 0 Å². The van der Waals surface area contributed by atoms with Crippen molar-refractivity contribution < 1.29 is 4.48 Å². The van der Waals surface area contributed by atoms with Gasteiger partial charge in [-0.15, -0.1) is 0 Å². The lowest BCUT2D eigenvalue weighted by molar-refractivity contribution is -0.941.